The number of carbonyl (C=O) groups excluding carboxylic acids is 2. The first-order valence-electron chi connectivity index (χ1n) is 12.6. The SMILES string of the molecule is COP(=O)(N[C@H]1CO[C@H](OP(=O)(O)OP(=O)(O)C[C@H]2O[C@@H](n3ccc(=O)[nH]c3=O)[C@H](O)[C@@H]2O)[C@H](OC(C)=O)[C@H]1OC(C)=O)OC. The molecule has 1 aromatic rings. The molecule has 1 aromatic heterocycles. The molecule has 0 saturated carbocycles. The van der Waals surface area contributed by atoms with Crippen molar-refractivity contribution < 1.29 is 80.1 Å². The van der Waals surface area contributed by atoms with Gasteiger partial charge in [0.05, 0.1) is 18.8 Å². The Balaban J connectivity index is 1.78. The third-order valence-electron chi connectivity index (χ3n) is 6.18. The second kappa shape index (κ2) is 14.7. The van der Waals surface area contributed by atoms with Crippen molar-refractivity contribution in [1.29, 1.82) is 0 Å². The number of aromatic amines is 1. The van der Waals surface area contributed by atoms with E-state index in [4.69, 9.17) is 32.5 Å². The zero-order chi connectivity index (χ0) is 33.9. The molecule has 2 aliphatic heterocycles. The minimum absolute atomic E-state index is 0.612. The molecule has 3 rings (SSSR count). The Bertz CT molecular complexity index is 1490. The van der Waals surface area contributed by atoms with Crippen LogP contribution in [0.1, 0.15) is 20.1 Å². The van der Waals surface area contributed by atoms with Crippen molar-refractivity contribution >= 4 is 35.1 Å². The van der Waals surface area contributed by atoms with Crippen LogP contribution in [-0.2, 0) is 60.1 Å². The van der Waals surface area contributed by atoms with Gasteiger partial charge in [-0.1, -0.05) is 0 Å². The molecule has 0 amide bonds. The summed E-state index contributed by atoms with van der Waals surface area (Å²) < 4.78 is 78.8. The first-order valence-corrected chi connectivity index (χ1v) is 17.4. The first kappa shape index (κ1) is 37.3. The van der Waals surface area contributed by atoms with E-state index < -0.39 is 108 Å². The predicted molar refractivity (Wildman–Crippen MR) is 143 cm³/mol. The zero-order valence-electron chi connectivity index (χ0n) is 23.9. The highest BCUT2D eigenvalue weighted by atomic mass is 31.3. The van der Waals surface area contributed by atoms with Crippen LogP contribution in [0.4, 0.5) is 0 Å². The number of hydrogen-bond donors (Lipinski definition) is 6. The standard InChI is InChI=1S/C20H32N3O19P3/c1-9(24)38-16-11(22-44(32,35-3)36-4)7-37-19(17(16)39-10(2)25)41-45(33,34)42-43(30,31)8-12-14(27)15(28)18(40-12)23-6-5-13(26)21-20(23)29/h5-6,11-12,14-19,27-28H,7-8H2,1-4H3,(H,22,32)(H,30,31)(H,33,34)(H,21,26,29)/t11-,12+,14+,15+,16-,17+,18+,19+/m0/s1. The summed E-state index contributed by atoms with van der Waals surface area (Å²) in [5.74, 6) is -1.97. The molecule has 0 aromatic carbocycles. The maximum Gasteiger partial charge on any atom is 0.481 e. The second-order valence-corrected chi connectivity index (χ2v) is 14.9. The number of H-pyrrole nitrogens is 1. The van der Waals surface area contributed by atoms with Crippen LogP contribution >= 0.6 is 23.2 Å². The molecule has 0 bridgehead atoms. The van der Waals surface area contributed by atoms with Crippen LogP contribution in [0, 0.1) is 0 Å². The molecule has 10 atom stereocenters. The quantitative estimate of drug-likeness (QED) is 0.0957. The van der Waals surface area contributed by atoms with Crippen LogP contribution in [0.25, 0.3) is 0 Å². The lowest BCUT2D eigenvalue weighted by Crippen LogP contribution is -2.60. The van der Waals surface area contributed by atoms with E-state index in [9.17, 15) is 52.9 Å². The Kier molecular flexibility index (Phi) is 12.2. The fourth-order valence-corrected chi connectivity index (χ4v) is 8.22. The van der Waals surface area contributed by atoms with Gasteiger partial charge in [-0.05, 0) is 0 Å². The van der Waals surface area contributed by atoms with Crippen LogP contribution < -0.4 is 16.3 Å². The van der Waals surface area contributed by atoms with Gasteiger partial charge < -0.3 is 48.0 Å². The van der Waals surface area contributed by atoms with Crippen molar-refractivity contribution in [2.75, 3.05) is 27.0 Å². The maximum absolute atomic E-state index is 12.9. The molecule has 22 nitrogen and oxygen atoms in total. The number of phosphoric ester groups is 1. The monoisotopic (exact) mass is 711 g/mol. The van der Waals surface area contributed by atoms with Gasteiger partial charge in [-0.3, -0.25) is 33.0 Å². The predicted octanol–water partition coefficient (Wildman–Crippen LogP) is -1.95. The summed E-state index contributed by atoms with van der Waals surface area (Å²) in [6, 6.07) is -0.382. The van der Waals surface area contributed by atoms with Gasteiger partial charge in [-0.25, -0.2) is 23.3 Å². The van der Waals surface area contributed by atoms with E-state index in [0.717, 1.165) is 40.3 Å². The van der Waals surface area contributed by atoms with Gasteiger partial charge in [-0.15, -0.1) is 0 Å². The lowest BCUT2D eigenvalue weighted by molar-refractivity contribution is -0.239. The lowest BCUT2D eigenvalue weighted by Gasteiger charge is -2.41. The fraction of sp³-hybridized carbons (Fsp3) is 0.700. The highest BCUT2D eigenvalue weighted by Gasteiger charge is 2.52. The Morgan fingerprint density at radius 2 is 1.64 bits per heavy atom. The van der Waals surface area contributed by atoms with Crippen LogP contribution in [0.5, 0.6) is 0 Å². The topological polar surface area (TPSA) is 307 Å². The third kappa shape index (κ3) is 9.69. The zero-order valence-corrected chi connectivity index (χ0v) is 26.6. The van der Waals surface area contributed by atoms with Crippen molar-refractivity contribution in [2.24, 2.45) is 0 Å². The second-order valence-electron chi connectivity index (χ2n) is 9.49. The van der Waals surface area contributed by atoms with Gasteiger partial charge in [0.25, 0.3) is 5.56 Å². The van der Waals surface area contributed by atoms with Gasteiger partial charge in [0.2, 0.25) is 6.29 Å². The minimum Gasteiger partial charge on any atom is -0.457 e. The van der Waals surface area contributed by atoms with Crippen molar-refractivity contribution in [3.63, 3.8) is 0 Å². The largest absolute Gasteiger partial charge is 0.481 e. The number of nitrogens with zero attached hydrogens (tertiary/aromatic N) is 1. The Hall–Kier alpha value is -2.13. The molecule has 0 aliphatic carbocycles. The number of carbonyl (C=O) groups is 2. The molecule has 2 unspecified atom stereocenters. The highest BCUT2D eigenvalue weighted by molar-refractivity contribution is 7.64. The average Bonchev–Trinajstić information content (AvgIpc) is 3.18. The molecule has 6 N–H and O–H groups in total. The maximum atomic E-state index is 12.9. The summed E-state index contributed by atoms with van der Waals surface area (Å²) in [6.45, 7) is 1.27. The number of nitrogens with one attached hydrogen (secondary N) is 2. The Labute approximate surface area is 253 Å². The van der Waals surface area contributed by atoms with E-state index in [1.165, 1.54) is 0 Å². The van der Waals surface area contributed by atoms with Gasteiger partial charge in [-0.2, -0.15) is 0 Å². The average molecular weight is 711 g/mol. The van der Waals surface area contributed by atoms with Gasteiger partial charge in [0.1, 0.15) is 18.3 Å². The smallest absolute Gasteiger partial charge is 0.457 e. The summed E-state index contributed by atoms with van der Waals surface area (Å²) in [7, 11) is -12.9. The molecule has 45 heavy (non-hydrogen) atoms. The van der Waals surface area contributed by atoms with Crippen molar-refractivity contribution in [1.82, 2.24) is 14.6 Å². The van der Waals surface area contributed by atoms with E-state index in [2.05, 4.69) is 9.40 Å². The van der Waals surface area contributed by atoms with Gasteiger partial charge >= 0.3 is 40.8 Å². The highest BCUT2D eigenvalue weighted by Crippen LogP contribution is 2.61. The molecular formula is C20H32N3O19P3. The Morgan fingerprint density at radius 3 is 2.20 bits per heavy atom. The number of hydrogen-bond acceptors (Lipinski definition) is 17. The van der Waals surface area contributed by atoms with Crippen molar-refractivity contribution in [3.05, 3.63) is 33.1 Å². The molecule has 256 valence electrons. The fourth-order valence-electron chi connectivity index (χ4n) is 4.32. The van der Waals surface area contributed by atoms with Gasteiger partial charge in [0.15, 0.2) is 18.4 Å². The number of esters is 2. The van der Waals surface area contributed by atoms with Crippen LogP contribution in [0.2, 0.25) is 0 Å². The number of ether oxygens (including phenoxy) is 4. The number of aromatic nitrogens is 2. The van der Waals surface area contributed by atoms with Crippen molar-refractivity contribution in [2.45, 2.75) is 62.9 Å². The molecule has 2 aliphatic rings. The minimum atomic E-state index is -5.66. The number of aliphatic hydroxyl groups is 2. The van der Waals surface area contributed by atoms with Crippen LogP contribution in [0.15, 0.2) is 21.9 Å². The number of rotatable bonds is 13. The molecule has 2 fully saturated rings. The lowest BCUT2D eigenvalue weighted by atomic mass is 10.0. The molecule has 0 spiro atoms. The molecular weight excluding hydrogens is 679 g/mol. The first-order chi connectivity index (χ1) is 20.8. The van der Waals surface area contributed by atoms with E-state index >= 15 is 0 Å². The summed E-state index contributed by atoms with van der Waals surface area (Å²) >= 11 is 0. The molecule has 0 radical (unpaired) electrons. The van der Waals surface area contributed by atoms with Crippen LogP contribution in [0.3, 0.4) is 0 Å². The third-order valence-corrected chi connectivity index (χ3v) is 10.9. The van der Waals surface area contributed by atoms with E-state index in [-0.39, 0.29) is 0 Å². The summed E-state index contributed by atoms with van der Waals surface area (Å²) in [5.41, 5.74) is -1.82. The Morgan fingerprint density at radius 1 is 1.04 bits per heavy atom. The summed E-state index contributed by atoms with van der Waals surface area (Å²) in [5, 5.41) is 23.1. The van der Waals surface area contributed by atoms with E-state index in [0.29, 0.717) is 4.57 Å². The molecule has 25 heteroatoms. The summed E-state index contributed by atoms with van der Waals surface area (Å²) in [4.78, 5) is 69.7. The number of aliphatic hydroxyl groups excluding tert-OH is 2. The number of phosphoric acid groups is 1. The summed E-state index contributed by atoms with van der Waals surface area (Å²) in [6.07, 6.45) is -13.0. The van der Waals surface area contributed by atoms with Crippen LogP contribution in [-0.4, -0.2) is 111 Å². The van der Waals surface area contributed by atoms with Gasteiger partial charge in [0, 0.05) is 40.3 Å². The van der Waals surface area contributed by atoms with Crippen molar-refractivity contribution in [3.8, 4) is 0 Å². The van der Waals surface area contributed by atoms with E-state index in [1.54, 1.807) is 0 Å². The molecule has 3 heterocycles. The normalized spacial score (nSPS) is 31.5. The molecule has 2 saturated heterocycles. The van der Waals surface area contributed by atoms with E-state index in [1.807, 2.05) is 4.98 Å².